The Morgan fingerprint density at radius 2 is 1.67 bits per heavy atom. The van der Waals surface area contributed by atoms with Gasteiger partial charge in [-0.05, 0) is 38.7 Å². The van der Waals surface area contributed by atoms with Crippen LogP contribution in [0.25, 0.3) is 0 Å². The molecular formula is C10H19ClO4. The highest BCUT2D eigenvalue weighted by Gasteiger charge is 2.35. The van der Waals surface area contributed by atoms with E-state index in [4.69, 9.17) is 16.5 Å². The second-order valence-electron chi connectivity index (χ2n) is 4.31. The molecule has 0 saturated carbocycles. The van der Waals surface area contributed by atoms with Crippen molar-refractivity contribution < 1.29 is 19.6 Å². The lowest BCUT2D eigenvalue weighted by Gasteiger charge is -2.21. The van der Waals surface area contributed by atoms with E-state index in [0.29, 0.717) is 12.8 Å². The molecule has 90 valence electrons. The van der Waals surface area contributed by atoms with E-state index in [1.54, 1.807) is 20.8 Å². The number of carbonyl (C=O) groups is 1. The zero-order valence-electron chi connectivity index (χ0n) is 9.93. The maximum atomic E-state index is 11.5. The summed E-state index contributed by atoms with van der Waals surface area (Å²) in [6.07, 6.45) is 0.950. The fourth-order valence-electron chi connectivity index (χ4n) is 0.763. The molecule has 0 aromatic heterocycles. The van der Waals surface area contributed by atoms with Crippen molar-refractivity contribution in [2.45, 2.75) is 57.9 Å². The molecular weight excluding hydrogens is 220 g/mol. The quantitative estimate of drug-likeness (QED) is 0.420. The standard InChI is InChI=1S/C10H19ClO4/c1-6-10(11,7-2)8(12)13-15-14-9(3,4)5/h6-7H2,1-5H3. The number of alkyl halides is 1. The van der Waals surface area contributed by atoms with Crippen molar-refractivity contribution in [3.8, 4) is 0 Å². The number of halogens is 1. The monoisotopic (exact) mass is 238 g/mol. The summed E-state index contributed by atoms with van der Waals surface area (Å²) in [6, 6.07) is 0. The molecule has 4 nitrogen and oxygen atoms in total. The van der Waals surface area contributed by atoms with Crippen LogP contribution in [0.1, 0.15) is 47.5 Å². The third kappa shape index (κ3) is 5.35. The summed E-state index contributed by atoms with van der Waals surface area (Å²) < 4.78 is 0. The topological polar surface area (TPSA) is 44.8 Å². The molecule has 0 aliphatic rings. The fourth-order valence-corrected chi connectivity index (χ4v) is 0.795. The maximum Gasteiger partial charge on any atom is 0.366 e. The number of carbonyl (C=O) groups excluding carboxylic acids is 1. The van der Waals surface area contributed by atoms with Gasteiger partial charge < -0.3 is 0 Å². The first-order valence-electron chi connectivity index (χ1n) is 5.01. The normalized spacial score (nSPS) is 12.7. The van der Waals surface area contributed by atoms with Crippen LogP contribution in [-0.4, -0.2) is 16.4 Å². The molecule has 0 rings (SSSR count). The molecule has 0 radical (unpaired) electrons. The van der Waals surface area contributed by atoms with Crippen molar-refractivity contribution in [3.05, 3.63) is 0 Å². The number of hydrogen-bond donors (Lipinski definition) is 0. The molecule has 0 saturated heterocycles. The van der Waals surface area contributed by atoms with Crippen LogP contribution >= 0.6 is 11.6 Å². The second-order valence-corrected chi connectivity index (χ2v) is 5.03. The SMILES string of the molecule is CCC(Cl)(CC)C(=O)OOOC(C)(C)C. The number of rotatable bonds is 5. The first-order chi connectivity index (χ1) is 6.75. The van der Waals surface area contributed by atoms with Crippen molar-refractivity contribution in [3.63, 3.8) is 0 Å². The first-order valence-corrected chi connectivity index (χ1v) is 5.38. The average Bonchev–Trinajstić information content (AvgIpc) is 2.14. The summed E-state index contributed by atoms with van der Waals surface area (Å²) in [5.41, 5.74) is -0.534. The van der Waals surface area contributed by atoms with Crippen LogP contribution in [0.3, 0.4) is 0 Å². The van der Waals surface area contributed by atoms with Crippen LogP contribution < -0.4 is 0 Å². The Balaban J connectivity index is 4.04. The summed E-state index contributed by atoms with van der Waals surface area (Å²) in [5, 5.41) is 4.38. The molecule has 0 aromatic rings. The van der Waals surface area contributed by atoms with Gasteiger partial charge in [0.15, 0.2) is 0 Å². The Kier molecular flexibility index (Phi) is 5.56. The molecule has 0 aromatic carbocycles. The minimum absolute atomic E-state index is 0.475. The van der Waals surface area contributed by atoms with Gasteiger partial charge in [-0.25, -0.2) is 4.79 Å². The van der Waals surface area contributed by atoms with Gasteiger partial charge in [0.25, 0.3) is 0 Å². The van der Waals surface area contributed by atoms with Gasteiger partial charge >= 0.3 is 5.97 Å². The molecule has 0 aliphatic carbocycles. The minimum Gasteiger partial charge on any atom is -0.267 e. The molecule has 5 heteroatoms. The minimum atomic E-state index is -1.03. The van der Waals surface area contributed by atoms with Gasteiger partial charge in [-0.3, -0.25) is 4.89 Å². The van der Waals surface area contributed by atoms with Crippen molar-refractivity contribution >= 4 is 17.6 Å². The molecule has 0 aliphatic heterocycles. The maximum absolute atomic E-state index is 11.5. The van der Waals surface area contributed by atoms with E-state index < -0.39 is 16.4 Å². The van der Waals surface area contributed by atoms with E-state index in [-0.39, 0.29) is 0 Å². The van der Waals surface area contributed by atoms with Crippen LogP contribution in [0.5, 0.6) is 0 Å². The molecule has 0 spiro atoms. The Bertz CT molecular complexity index is 206. The van der Waals surface area contributed by atoms with Crippen molar-refractivity contribution in [2.24, 2.45) is 0 Å². The third-order valence-corrected chi connectivity index (χ3v) is 2.57. The molecule has 15 heavy (non-hydrogen) atoms. The lowest BCUT2D eigenvalue weighted by Crippen LogP contribution is -2.34. The smallest absolute Gasteiger partial charge is 0.267 e. The summed E-state index contributed by atoms with van der Waals surface area (Å²) in [6.45, 7) is 8.93. The van der Waals surface area contributed by atoms with Gasteiger partial charge in [0.2, 0.25) is 0 Å². The van der Waals surface area contributed by atoms with E-state index >= 15 is 0 Å². The zero-order valence-corrected chi connectivity index (χ0v) is 10.7. The van der Waals surface area contributed by atoms with Crippen molar-refractivity contribution in [2.75, 3.05) is 0 Å². The molecule has 0 bridgehead atoms. The van der Waals surface area contributed by atoms with Gasteiger partial charge in [-0.1, -0.05) is 13.8 Å². The summed E-state index contributed by atoms with van der Waals surface area (Å²) >= 11 is 6.00. The zero-order chi connectivity index (χ0) is 12.1. The van der Waals surface area contributed by atoms with Gasteiger partial charge in [-0.15, -0.1) is 11.6 Å². The second kappa shape index (κ2) is 5.68. The van der Waals surface area contributed by atoms with E-state index in [9.17, 15) is 4.79 Å². The molecule has 0 heterocycles. The van der Waals surface area contributed by atoms with Gasteiger partial charge in [-0.2, -0.15) is 4.89 Å². The molecule has 0 amide bonds. The van der Waals surface area contributed by atoms with E-state index in [2.05, 4.69) is 9.93 Å². The lowest BCUT2D eigenvalue weighted by atomic mass is 10.0. The molecule has 0 atom stereocenters. The predicted octanol–water partition coefficient (Wildman–Crippen LogP) is 2.99. The van der Waals surface area contributed by atoms with Crippen LogP contribution in [0, 0.1) is 0 Å². The molecule has 0 fully saturated rings. The third-order valence-electron chi connectivity index (χ3n) is 1.88. The van der Waals surface area contributed by atoms with E-state index in [0.717, 1.165) is 0 Å². The lowest BCUT2D eigenvalue weighted by molar-refractivity contribution is -0.515. The van der Waals surface area contributed by atoms with E-state index in [1.165, 1.54) is 0 Å². The average molecular weight is 239 g/mol. The van der Waals surface area contributed by atoms with Crippen LogP contribution in [0.15, 0.2) is 0 Å². The Morgan fingerprint density at radius 1 is 1.20 bits per heavy atom. The molecule has 0 N–H and O–H groups in total. The van der Waals surface area contributed by atoms with Crippen LogP contribution in [0.4, 0.5) is 0 Å². The van der Waals surface area contributed by atoms with Crippen molar-refractivity contribution in [1.29, 1.82) is 0 Å². The van der Waals surface area contributed by atoms with Gasteiger partial charge in [0.1, 0.15) is 4.87 Å². The number of hydrogen-bond acceptors (Lipinski definition) is 4. The van der Waals surface area contributed by atoms with E-state index in [1.807, 2.05) is 13.8 Å². The Labute approximate surface area is 95.7 Å². The highest BCUT2D eigenvalue weighted by molar-refractivity contribution is 6.33. The van der Waals surface area contributed by atoms with Gasteiger partial charge in [0, 0.05) is 0 Å². The van der Waals surface area contributed by atoms with Crippen LogP contribution in [0.2, 0.25) is 0 Å². The Hall–Kier alpha value is -0.320. The fraction of sp³-hybridized carbons (Fsp3) is 0.900. The first kappa shape index (κ1) is 14.7. The highest BCUT2D eigenvalue weighted by Crippen LogP contribution is 2.25. The van der Waals surface area contributed by atoms with Crippen LogP contribution in [-0.2, 0) is 19.6 Å². The predicted molar refractivity (Wildman–Crippen MR) is 57.2 cm³/mol. The highest BCUT2D eigenvalue weighted by atomic mass is 35.5. The summed E-state index contributed by atoms with van der Waals surface area (Å²) in [7, 11) is 0. The Morgan fingerprint density at radius 3 is 2.00 bits per heavy atom. The van der Waals surface area contributed by atoms with Gasteiger partial charge in [0.05, 0.1) is 5.60 Å². The summed E-state index contributed by atoms with van der Waals surface area (Å²) in [5.74, 6) is -0.626. The summed E-state index contributed by atoms with van der Waals surface area (Å²) in [4.78, 5) is 19.7. The van der Waals surface area contributed by atoms with Crippen molar-refractivity contribution in [1.82, 2.24) is 0 Å². The largest absolute Gasteiger partial charge is 0.366 e. The molecule has 0 unspecified atom stereocenters.